The number of hydrogen-bond donors (Lipinski definition) is 3. The molecule has 3 N–H and O–H groups in total. The fourth-order valence-electron chi connectivity index (χ4n) is 1.41. The molecule has 0 radical (unpaired) electrons. The molecule has 7 nitrogen and oxygen atoms in total. The van der Waals surface area contributed by atoms with E-state index in [1.54, 1.807) is 20.8 Å². The summed E-state index contributed by atoms with van der Waals surface area (Å²) < 4.78 is 4.62. The van der Waals surface area contributed by atoms with Gasteiger partial charge in [0, 0.05) is 0 Å². The number of carboxylic acid groups (broad SMARTS) is 1. The van der Waals surface area contributed by atoms with E-state index in [9.17, 15) is 14.4 Å². The smallest absolute Gasteiger partial charge is 0.329 e. The highest BCUT2D eigenvalue weighted by molar-refractivity contribution is 5.87. The van der Waals surface area contributed by atoms with Gasteiger partial charge in [0.05, 0.1) is 6.61 Å². The number of hydrogen-bond acceptors (Lipinski definition) is 4. The molecule has 104 valence electrons. The molecule has 0 aliphatic rings. The molecule has 0 bridgehead atoms. The molecule has 0 aliphatic carbocycles. The molecule has 0 aromatic heterocycles. The fourth-order valence-corrected chi connectivity index (χ4v) is 1.41. The second-order valence-corrected chi connectivity index (χ2v) is 3.71. The Bertz CT molecular complexity index is 313. The van der Waals surface area contributed by atoms with Crippen LogP contribution in [0.4, 0.5) is 4.79 Å². The molecular weight excluding hydrogens is 240 g/mol. The maximum absolute atomic E-state index is 11.5. The topological polar surface area (TPSA) is 105 Å². The molecule has 18 heavy (non-hydrogen) atoms. The number of nitrogens with one attached hydrogen (secondary N) is 2. The van der Waals surface area contributed by atoms with Crippen LogP contribution in [0.25, 0.3) is 0 Å². The van der Waals surface area contributed by atoms with E-state index >= 15 is 0 Å². The molecule has 0 unspecified atom stereocenters. The maximum Gasteiger partial charge on any atom is 0.329 e. The first-order chi connectivity index (χ1) is 8.41. The van der Waals surface area contributed by atoms with Gasteiger partial charge >= 0.3 is 18.0 Å². The summed E-state index contributed by atoms with van der Waals surface area (Å²) in [5, 5.41) is 13.7. The van der Waals surface area contributed by atoms with Crippen molar-refractivity contribution in [2.75, 3.05) is 13.2 Å². The largest absolute Gasteiger partial charge is 0.480 e. The number of rotatable bonds is 7. The maximum atomic E-state index is 11.5. The molecule has 0 atom stereocenters. The number of esters is 1. The van der Waals surface area contributed by atoms with E-state index in [1.165, 1.54) is 0 Å². The van der Waals surface area contributed by atoms with Crippen LogP contribution in [-0.4, -0.2) is 41.8 Å². The lowest BCUT2D eigenvalue weighted by Crippen LogP contribution is -2.57. The van der Waals surface area contributed by atoms with Gasteiger partial charge in [-0.2, -0.15) is 0 Å². The first kappa shape index (κ1) is 16.2. The van der Waals surface area contributed by atoms with Gasteiger partial charge in [0.25, 0.3) is 0 Å². The van der Waals surface area contributed by atoms with Crippen LogP contribution in [0.5, 0.6) is 0 Å². The molecule has 2 amide bonds. The minimum Gasteiger partial charge on any atom is -0.480 e. The van der Waals surface area contributed by atoms with Crippen LogP contribution in [0.3, 0.4) is 0 Å². The normalized spacial score (nSPS) is 10.6. The second-order valence-electron chi connectivity index (χ2n) is 3.71. The average Bonchev–Trinajstić information content (AvgIpc) is 2.33. The Kier molecular flexibility index (Phi) is 6.77. The predicted molar refractivity (Wildman–Crippen MR) is 64.1 cm³/mol. The molecule has 0 fully saturated rings. The van der Waals surface area contributed by atoms with Gasteiger partial charge in [-0.05, 0) is 19.8 Å². The summed E-state index contributed by atoms with van der Waals surface area (Å²) in [6, 6.07) is -0.700. The minimum atomic E-state index is -1.31. The molecule has 0 saturated carbocycles. The van der Waals surface area contributed by atoms with Gasteiger partial charge in [0.1, 0.15) is 12.1 Å². The first-order valence-corrected chi connectivity index (χ1v) is 5.86. The van der Waals surface area contributed by atoms with Crippen molar-refractivity contribution in [1.29, 1.82) is 0 Å². The Balaban J connectivity index is 4.36. The van der Waals surface area contributed by atoms with Crippen molar-refractivity contribution in [3.8, 4) is 0 Å². The quantitative estimate of drug-likeness (QED) is 0.578. The zero-order valence-electron chi connectivity index (χ0n) is 10.9. The summed E-state index contributed by atoms with van der Waals surface area (Å²) in [6.07, 6.45) is 0.511. The summed E-state index contributed by atoms with van der Waals surface area (Å²) in [7, 11) is 0. The molecule has 0 saturated heterocycles. The number of carbonyl (C=O) groups excluding carboxylic acids is 2. The van der Waals surface area contributed by atoms with E-state index in [-0.39, 0.29) is 26.0 Å². The predicted octanol–water partition coefficient (Wildman–Crippen LogP) is 0.492. The summed E-state index contributed by atoms with van der Waals surface area (Å²) >= 11 is 0. The summed E-state index contributed by atoms with van der Waals surface area (Å²) in [6.45, 7) is 4.93. The molecular formula is C11H20N2O5. The van der Waals surface area contributed by atoms with Crippen LogP contribution >= 0.6 is 0 Å². The van der Waals surface area contributed by atoms with Gasteiger partial charge in [-0.15, -0.1) is 0 Å². The molecule has 0 heterocycles. The second kappa shape index (κ2) is 7.52. The zero-order chi connectivity index (χ0) is 14.2. The first-order valence-electron chi connectivity index (χ1n) is 5.86. The lowest BCUT2D eigenvalue weighted by molar-refractivity contribution is -0.144. The monoisotopic (exact) mass is 260 g/mol. The van der Waals surface area contributed by atoms with Gasteiger partial charge in [0.15, 0.2) is 0 Å². The van der Waals surface area contributed by atoms with Crippen LogP contribution in [0, 0.1) is 0 Å². The highest BCUT2D eigenvalue weighted by Gasteiger charge is 2.36. The lowest BCUT2D eigenvalue weighted by atomic mass is 9.93. The Morgan fingerprint density at radius 3 is 2.11 bits per heavy atom. The Morgan fingerprint density at radius 2 is 1.72 bits per heavy atom. The van der Waals surface area contributed by atoms with Gasteiger partial charge in [-0.3, -0.25) is 4.79 Å². The van der Waals surface area contributed by atoms with Crippen molar-refractivity contribution in [2.45, 2.75) is 39.2 Å². The number of aliphatic carboxylic acids is 1. The molecule has 0 aromatic carbocycles. The third-order valence-electron chi connectivity index (χ3n) is 2.67. The van der Waals surface area contributed by atoms with E-state index in [0.29, 0.717) is 0 Å². The molecule has 7 heteroatoms. The number of amides is 2. The number of urea groups is 1. The molecule has 0 spiro atoms. The van der Waals surface area contributed by atoms with Crippen molar-refractivity contribution in [3.05, 3.63) is 0 Å². The van der Waals surface area contributed by atoms with E-state index in [2.05, 4.69) is 15.4 Å². The van der Waals surface area contributed by atoms with Crippen molar-refractivity contribution in [1.82, 2.24) is 10.6 Å². The van der Waals surface area contributed by atoms with Crippen LogP contribution in [0.2, 0.25) is 0 Å². The summed E-state index contributed by atoms with van der Waals surface area (Å²) in [4.78, 5) is 33.6. The third-order valence-corrected chi connectivity index (χ3v) is 2.67. The average molecular weight is 260 g/mol. The van der Waals surface area contributed by atoms with Crippen molar-refractivity contribution >= 4 is 18.0 Å². The Labute approximate surface area is 106 Å². The van der Waals surface area contributed by atoms with Gasteiger partial charge < -0.3 is 20.5 Å². The highest BCUT2D eigenvalue weighted by atomic mass is 16.5. The standard InChI is InChI=1S/C11H20N2O5/c1-4-11(5-2,9(15)16)13-10(17)12-7-8(14)18-6-3/h4-7H2,1-3H3,(H,15,16)(H2,12,13,17). The van der Waals surface area contributed by atoms with Crippen molar-refractivity contribution in [2.24, 2.45) is 0 Å². The third kappa shape index (κ3) is 4.60. The highest BCUT2D eigenvalue weighted by Crippen LogP contribution is 2.14. The number of carboxylic acids is 1. The number of carbonyl (C=O) groups is 3. The molecule has 0 rings (SSSR count). The lowest BCUT2D eigenvalue weighted by Gasteiger charge is -2.27. The van der Waals surface area contributed by atoms with Crippen LogP contribution in [-0.2, 0) is 14.3 Å². The number of ether oxygens (including phenoxy) is 1. The van der Waals surface area contributed by atoms with Gasteiger partial charge in [0.2, 0.25) is 0 Å². The zero-order valence-corrected chi connectivity index (χ0v) is 10.9. The molecule has 0 aromatic rings. The van der Waals surface area contributed by atoms with E-state index < -0.39 is 23.5 Å². The van der Waals surface area contributed by atoms with Crippen LogP contribution in [0.15, 0.2) is 0 Å². The van der Waals surface area contributed by atoms with Crippen molar-refractivity contribution in [3.63, 3.8) is 0 Å². The Morgan fingerprint density at radius 1 is 1.17 bits per heavy atom. The van der Waals surface area contributed by atoms with E-state index in [1.807, 2.05) is 0 Å². The van der Waals surface area contributed by atoms with Crippen LogP contribution in [0.1, 0.15) is 33.6 Å². The van der Waals surface area contributed by atoms with Gasteiger partial charge in [-0.1, -0.05) is 13.8 Å². The minimum absolute atomic E-state index is 0.227. The fraction of sp³-hybridized carbons (Fsp3) is 0.727. The van der Waals surface area contributed by atoms with Crippen molar-refractivity contribution < 1.29 is 24.2 Å². The summed E-state index contributed by atoms with van der Waals surface area (Å²) in [5.41, 5.74) is -1.31. The summed E-state index contributed by atoms with van der Waals surface area (Å²) in [5.74, 6) is -1.67. The van der Waals surface area contributed by atoms with Gasteiger partial charge in [-0.25, -0.2) is 9.59 Å². The van der Waals surface area contributed by atoms with E-state index in [4.69, 9.17) is 5.11 Å². The van der Waals surface area contributed by atoms with E-state index in [0.717, 1.165) is 0 Å². The Hall–Kier alpha value is -1.79. The molecule has 0 aliphatic heterocycles. The van der Waals surface area contributed by atoms with Crippen LogP contribution < -0.4 is 10.6 Å². The SMILES string of the molecule is CCOC(=O)CNC(=O)NC(CC)(CC)C(=O)O.